The molecule has 4 aromatic rings. The van der Waals surface area contributed by atoms with Crippen molar-refractivity contribution in [2.45, 2.75) is 0 Å². The van der Waals surface area contributed by atoms with Crippen molar-refractivity contribution < 1.29 is 14.3 Å². The fourth-order valence-corrected chi connectivity index (χ4v) is 4.24. The fourth-order valence-electron chi connectivity index (χ4n) is 2.81. The first-order valence-corrected chi connectivity index (χ1v) is 9.15. The van der Waals surface area contributed by atoms with Crippen molar-refractivity contribution in [2.75, 3.05) is 0 Å². The third-order valence-corrected chi connectivity index (χ3v) is 5.76. The lowest BCUT2D eigenvalue weighted by molar-refractivity contribution is 0.0959. The number of phenols is 1. The number of hydrazone groups is 1. The minimum absolute atomic E-state index is 0.0575. The van der Waals surface area contributed by atoms with E-state index in [4.69, 9.17) is 11.6 Å². The van der Waals surface area contributed by atoms with Crippen LogP contribution in [0.15, 0.2) is 59.7 Å². The Hall–Kier alpha value is -2.96. The Kier molecular flexibility index (Phi) is 4.51. The number of halogens is 2. The van der Waals surface area contributed by atoms with E-state index in [0.717, 1.165) is 22.1 Å². The summed E-state index contributed by atoms with van der Waals surface area (Å²) in [5, 5.41) is 16.7. The van der Waals surface area contributed by atoms with Gasteiger partial charge in [0.25, 0.3) is 5.91 Å². The highest BCUT2D eigenvalue weighted by Crippen LogP contribution is 2.35. The molecule has 0 aliphatic carbocycles. The molecular weight excluding hydrogens is 387 g/mol. The molecule has 0 atom stereocenters. The van der Waals surface area contributed by atoms with E-state index in [0.29, 0.717) is 15.6 Å². The quantitative estimate of drug-likeness (QED) is 0.362. The Morgan fingerprint density at radius 3 is 2.81 bits per heavy atom. The van der Waals surface area contributed by atoms with Crippen LogP contribution in [0.2, 0.25) is 5.02 Å². The van der Waals surface area contributed by atoms with Crippen LogP contribution in [0, 0.1) is 5.82 Å². The molecule has 0 fully saturated rings. The SMILES string of the molecule is O=C(N/N=C\c1c(O)ccc2ccccc12)c1sc2cc(F)ccc2c1Cl. The zero-order valence-corrected chi connectivity index (χ0v) is 15.3. The number of carbonyl (C=O) groups excluding carboxylic acids is 1. The molecule has 7 heteroatoms. The van der Waals surface area contributed by atoms with Gasteiger partial charge >= 0.3 is 0 Å². The van der Waals surface area contributed by atoms with E-state index in [-0.39, 0.29) is 15.6 Å². The molecule has 2 N–H and O–H groups in total. The molecule has 0 unspecified atom stereocenters. The van der Waals surface area contributed by atoms with Gasteiger partial charge in [0, 0.05) is 15.6 Å². The Labute approximate surface area is 162 Å². The number of fused-ring (bicyclic) bond motifs is 2. The number of hydrogen-bond donors (Lipinski definition) is 2. The summed E-state index contributed by atoms with van der Waals surface area (Å²) in [6.45, 7) is 0. The van der Waals surface area contributed by atoms with E-state index >= 15 is 0 Å². The van der Waals surface area contributed by atoms with Gasteiger partial charge in [0.2, 0.25) is 0 Å². The summed E-state index contributed by atoms with van der Waals surface area (Å²) in [6.07, 6.45) is 1.39. The van der Waals surface area contributed by atoms with Gasteiger partial charge in [-0.3, -0.25) is 4.79 Å². The highest BCUT2D eigenvalue weighted by Gasteiger charge is 2.17. The van der Waals surface area contributed by atoms with Gasteiger partial charge in [-0.1, -0.05) is 41.9 Å². The van der Waals surface area contributed by atoms with E-state index in [9.17, 15) is 14.3 Å². The topological polar surface area (TPSA) is 61.7 Å². The molecular formula is C20H12ClFN2O2S. The maximum Gasteiger partial charge on any atom is 0.283 e. The van der Waals surface area contributed by atoms with Crippen molar-refractivity contribution in [1.29, 1.82) is 0 Å². The van der Waals surface area contributed by atoms with Gasteiger partial charge in [-0.05, 0) is 35.0 Å². The molecule has 0 bridgehead atoms. The average molecular weight is 399 g/mol. The molecule has 1 amide bonds. The number of nitrogens with one attached hydrogen (secondary N) is 1. The zero-order valence-electron chi connectivity index (χ0n) is 13.7. The monoisotopic (exact) mass is 398 g/mol. The van der Waals surface area contributed by atoms with Gasteiger partial charge in [0.15, 0.2) is 0 Å². The second-order valence-corrected chi connectivity index (χ2v) is 7.23. The third-order valence-electron chi connectivity index (χ3n) is 4.11. The number of nitrogens with zero attached hydrogens (tertiary/aromatic N) is 1. The van der Waals surface area contributed by atoms with Gasteiger partial charge in [-0.15, -0.1) is 11.3 Å². The smallest absolute Gasteiger partial charge is 0.283 e. The first-order valence-electron chi connectivity index (χ1n) is 7.96. The highest BCUT2D eigenvalue weighted by molar-refractivity contribution is 7.21. The second kappa shape index (κ2) is 6.98. The lowest BCUT2D eigenvalue weighted by Crippen LogP contribution is -2.16. The molecule has 134 valence electrons. The number of thiophene rings is 1. The van der Waals surface area contributed by atoms with Crippen LogP contribution in [0.3, 0.4) is 0 Å². The Morgan fingerprint density at radius 2 is 1.96 bits per heavy atom. The van der Waals surface area contributed by atoms with E-state index < -0.39 is 11.7 Å². The van der Waals surface area contributed by atoms with Crippen molar-refractivity contribution in [3.05, 3.63) is 75.9 Å². The number of rotatable bonds is 3. The zero-order chi connectivity index (χ0) is 19.0. The van der Waals surface area contributed by atoms with Crippen molar-refractivity contribution in [2.24, 2.45) is 5.10 Å². The molecule has 0 saturated carbocycles. The lowest BCUT2D eigenvalue weighted by atomic mass is 10.0. The molecule has 1 aromatic heterocycles. The molecule has 3 aromatic carbocycles. The molecule has 0 radical (unpaired) electrons. The number of amides is 1. The summed E-state index contributed by atoms with van der Waals surface area (Å²) in [6, 6.07) is 15.1. The Morgan fingerprint density at radius 1 is 1.15 bits per heavy atom. The molecule has 4 nitrogen and oxygen atoms in total. The van der Waals surface area contributed by atoms with Crippen LogP contribution >= 0.6 is 22.9 Å². The van der Waals surface area contributed by atoms with Crippen molar-refractivity contribution in [1.82, 2.24) is 5.43 Å². The highest BCUT2D eigenvalue weighted by atomic mass is 35.5. The molecule has 0 aliphatic heterocycles. The van der Waals surface area contributed by atoms with Crippen LogP contribution in [-0.2, 0) is 0 Å². The Balaban J connectivity index is 1.62. The van der Waals surface area contributed by atoms with Gasteiger partial charge in [-0.25, -0.2) is 9.82 Å². The van der Waals surface area contributed by atoms with Crippen LogP contribution in [-0.4, -0.2) is 17.2 Å². The first-order chi connectivity index (χ1) is 13.0. The molecule has 0 aliphatic rings. The lowest BCUT2D eigenvalue weighted by Gasteiger charge is -2.04. The maximum absolute atomic E-state index is 13.4. The normalized spacial score (nSPS) is 11.5. The van der Waals surface area contributed by atoms with Crippen LogP contribution in [0.1, 0.15) is 15.2 Å². The second-order valence-electron chi connectivity index (χ2n) is 5.80. The minimum Gasteiger partial charge on any atom is -0.507 e. The van der Waals surface area contributed by atoms with Gasteiger partial charge in [0.05, 0.1) is 11.2 Å². The number of phenolic OH excluding ortho intramolecular Hbond substituents is 1. The van der Waals surface area contributed by atoms with E-state index in [1.54, 1.807) is 12.1 Å². The summed E-state index contributed by atoms with van der Waals surface area (Å²) in [5.74, 6) is -0.837. The summed E-state index contributed by atoms with van der Waals surface area (Å²) in [7, 11) is 0. The van der Waals surface area contributed by atoms with E-state index in [1.165, 1.54) is 24.4 Å². The van der Waals surface area contributed by atoms with Crippen LogP contribution in [0.4, 0.5) is 4.39 Å². The molecule has 0 saturated heterocycles. The van der Waals surface area contributed by atoms with Crippen molar-refractivity contribution in [3.63, 3.8) is 0 Å². The summed E-state index contributed by atoms with van der Waals surface area (Å²) in [5.41, 5.74) is 2.91. The van der Waals surface area contributed by atoms with Gasteiger partial charge < -0.3 is 5.11 Å². The largest absolute Gasteiger partial charge is 0.507 e. The van der Waals surface area contributed by atoms with Gasteiger partial charge in [0.1, 0.15) is 16.4 Å². The number of hydrogen-bond acceptors (Lipinski definition) is 4. The average Bonchev–Trinajstić information content (AvgIpc) is 2.99. The van der Waals surface area contributed by atoms with E-state index in [1.807, 2.05) is 24.3 Å². The number of benzene rings is 3. The fraction of sp³-hybridized carbons (Fsp3) is 0. The summed E-state index contributed by atoms with van der Waals surface area (Å²) < 4.78 is 13.9. The van der Waals surface area contributed by atoms with Gasteiger partial charge in [-0.2, -0.15) is 5.10 Å². The summed E-state index contributed by atoms with van der Waals surface area (Å²) in [4.78, 5) is 12.7. The molecule has 0 spiro atoms. The molecule has 27 heavy (non-hydrogen) atoms. The van der Waals surface area contributed by atoms with E-state index in [2.05, 4.69) is 10.5 Å². The third kappa shape index (κ3) is 3.25. The van der Waals surface area contributed by atoms with Crippen LogP contribution in [0.25, 0.3) is 20.9 Å². The predicted octanol–water partition coefficient (Wildman–Crippen LogP) is 5.32. The first kappa shape index (κ1) is 17.5. The van der Waals surface area contributed by atoms with Crippen LogP contribution < -0.4 is 5.43 Å². The molecule has 4 rings (SSSR count). The standard InChI is InChI=1S/C20H12ClFN2O2S/c21-18-14-7-6-12(22)9-17(14)27-19(18)20(26)24-23-10-15-13-4-2-1-3-11(13)5-8-16(15)25/h1-10,25H,(H,24,26)/b23-10-. The van der Waals surface area contributed by atoms with Crippen molar-refractivity contribution in [3.8, 4) is 5.75 Å². The molecule has 1 heterocycles. The maximum atomic E-state index is 13.4. The minimum atomic E-state index is -0.502. The number of aromatic hydroxyl groups is 1. The van der Waals surface area contributed by atoms with Crippen LogP contribution in [0.5, 0.6) is 5.75 Å². The predicted molar refractivity (Wildman–Crippen MR) is 107 cm³/mol. The van der Waals surface area contributed by atoms with Crippen molar-refractivity contribution >= 4 is 55.9 Å². The summed E-state index contributed by atoms with van der Waals surface area (Å²) >= 11 is 7.33. The number of carbonyl (C=O) groups is 1. The Bertz CT molecular complexity index is 1220.